The van der Waals surface area contributed by atoms with E-state index in [4.69, 9.17) is 17.3 Å². The molecule has 0 spiro atoms. The SMILES string of the molecule is CC(N)Cc1ccc(Sc2ccccc2Br)c(Cl)c1. The summed E-state index contributed by atoms with van der Waals surface area (Å²) < 4.78 is 1.08. The Hall–Kier alpha value is -0.480. The van der Waals surface area contributed by atoms with Crippen LogP contribution in [0.15, 0.2) is 56.7 Å². The lowest BCUT2D eigenvalue weighted by Crippen LogP contribution is -2.17. The van der Waals surface area contributed by atoms with Crippen LogP contribution in [0.25, 0.3) is 0 Å². The standard InChI is InChI=1S/C15H15BrClNS/c1-10(18)8-11-6-7-15(13(17)9-11)19-14-5-3-2-4-12(14)16/h2-7,9-10H,8,18H2,1H3. The molecule has 0 bridgehead atoms. The first-order valence-electron chi connectivity index (χ1n) is 6.02. The zero-order chi connectivity index (χ0) is 13.8. The van der Waals surface area contributed by atoms with Crippen molar-refractivity contribution in [2.24, 2.45) is 5.73 Å². The van der Waals surface area contributed by atoms with Gasteiger partial charge >= 0.3 is 0 Å². The molecule has 1 nitrogen and oxygen atoms in total. The van der Waals surface area contributed by atoms with Crippen molar-refractivity contribution in [3.05, 3.63) is 57.5 Å². The highest BCUT2D eigenvalue weighted by Crippen LogP contribution is 2.37. The number of hydrogen-bond acceptors (Lipinski definition) is 2. The lowest BCUT2D eigenvalue weighted by molar-refractivity contribution is 0.738. The quantitative estimate of drug-likeness (QED) is 0.820. The van der Waals surface area contributed by atoms with E-state index in [-0.39, 0.29) is 6.04 Å². The van der Waals surface area contributed by atoms with Crippen molar-refractivity contribution < 1.29 is 0 Å². The van der Waals surface area contributed by atoms with Crippen molar-refractivity contribution in [1.82, 2.24) is 0 Å². The summed E-state index contributed by atoms with van der Waals surface area (Å²) in [6, 6.07) is 14.4. The van der Waals surface area contributed by atoms with E-state index in [9.17, 15) is 0 Å². The van der Waals surface area contributed by atoms with Crippen LogP contribution in [-0.4, -0.2) is 6.04 Å². The van der Waals surface area contributed by atoms with Crippen molar-refractivity contribution >= 4 is 39.3 Å². The third kappa shape index (κ3) is 4.25. The van der Waals surface area contributed by atoms with E-state index < -0.39 is 0 Å². The average molecular weight is 357 g/mol. The molecule has 0 aliphatic rings. The number of halogens is 2. The molecule has 2 rings (SSSR count). The molecular formula is C15H15BrClNS. The van der Waals surface area contributed by atoms with E-state index in [2.05, 4.69) is 34.1 Å². The highest BCUT2D eigenvalue weighted by atomic mass is 79.9. The molecule has 1 atom stereocenters. The van der Waals surface area contributed by atoms with Crippen molar-refractivity contribution in [3.8, 4) is 0 Å². The van der Waals surface area contributed by atoms with Crippen LogP contribution >= 0.6 is 39.3 Å². The summed E-state index contributed by atoms with van der Waals surface area (Å²) in [5.41, 5.74) is 6.98. The Morgan fingerprint density at radius 3 is 2.58 bits per heavy atom. The maximum absolute atomic E-state index is 6.34. The van der Waals surface area contributed by atoms with Gasteiger partial charge in [0.05, 0.1) is 5.02 Å². The summed E-state index contributed by atoms with van der Waals surface area (Å²) in [6.45, 7) is 2.00. The monoisotopic (exact) mass is 355 g/mol. The van der Waals surface area contributed by atoms with Gasteiger partial charge < -0.3 is 5.73 Å². The minimum atomic E-state index is 0.151. The molecule has 2 aromatic carbocycles. The molecule has 0 aromatic heterocycles. The molecule has 0 aliphatic carbocycles. The number of hydrogen-bond donors (Lipinski definition) is 1. The molecular weight excluding hydrogens is 342 g/mol. The zero-order valence-electron chi connectivity index (χ0n) is 10.6. The molecule has 0 heterocycles. The fourth-order valence-electron chi connectivity index (χ4n) is 1.77. The van der Waals surface area contributed by atoms with E-state index in [1.807, 2.05) is 31.2 Å². The van der Waals surface area contributed by atoms with Crippen LogP contribution in [0.3, 0.4) is 0 Å². The molecule has 4 heteroatoms. The Morgan fingerprint density at radius 2 is 1.95 bits per heavy atom. The topological polar surface area (TPSA) is 26.0 Å². The molecule has 0 fully saturated rings. The van der Waals surface area contributed by atoms with Crippen LogP contribution in [0.5, 0.6) is 0 Å². The fourth-order valence-corrected chi connectivity index (χ4v) is 3.46. The van der Waals surface area contributed by atoms with Gasteiger partial charge in [-0.05, 0) is 59.1 Å². The number of benzene rings is 2. The Balaban J connectivity index is 2.20. The smallest absolute Gasteiger partial charge is 0.0548 e. The second-order valence-corrected chi connectivity index (χ2v) is 6.82. The highest BCUT2D eigenvalue weighted by Gasteiger charge is 2.07. The molecule has 0 aliphatic heterocycles. The van der Waals surface area contributed by atoms with Crippen LogP contribution in [0.2, 0.25) is 5.02 Å². The summed E-state index contributed by atoms with van der Waals surface area (Å²) in [6.07, 6.45) is 0.847. The minimum absolute atomic E-state index is 0.151. The van der Waals surface area contributed by atoms with Gasteiger partial charge in [-0.1, -0.05) is 41.6 Å². The van der Waals surface area contributed by atoms with E-state index in [1.165, 1.54) is 5.56 Å². The predicted molar refractivity (Wildman–Crippen MR) is 87.1 cm³/mol. The third-order valence-corrected chi connectivity index (χ3v) is 5.14. The van der Waals surface area contributed by atoms with Crippen molar-refractivity contribution in [1.29, 1.82) is 0 Å². The van der Waals surface area contributed by atoms with E-state index >= 15 is 0 Å². The van der Waals surface area contributed by atoms with Gasteiger partial charge in [0, 0.05) is 20.3 Å². The predicted octanol–water partition coefficient (Wildman–Crippen LogP) is 5.14. The lowest BCUT2D eigenvalue weighted by Gasteiger charge is -2.09. The average Bonchev–Trinajstić information content (AvgIpc) is 2.34. The van der Waals surface area contributed by atoms with Crippen molar-refractivity contribution in [2.45, 2.75) is 29.2 Å². The van der Waals surface area contributed by atoms with Gasteiger partial charge in [-0.15, -0.1) is 0 Å². The van der Waals surface area contributed by atoms with E-state index in [0.29, 0.717) is 0 Å². The maximum Gasteiger partial charge on any atom is 0.0548 e. The number of rotatable bonds is 4. The van der Waals surface area contributed by atoms with Gasteiger partial charge in [-0.3, -0.25) is 0 Å². The van der Waals surface area contributed by atoms with Crippen molar-refractivity contribution in [2.75, 3.05) is 0 Å². The molecule has 100 valence electrons. The normalized spacial score (nSPS) is 12.4. The second-order valence-electron chi connectivity index (χ2n) is 4.48. The maximum atomic E-state index is 6.34. The molecule has 1 unspecified atom stereocenters. The lowest BCUT2D eigenvalue weighted by atomic mass is 10.1. The van der Waals surface area contributed by atoms with E-state index in [1.54, 1.807) is 11.8 Å². The number of nitrogens with two attached hydrogens (primary N) is 1. The summed E-state index contributed by atoms with van der Waals surface area (Å²) in [5, 5.41) is 0.777. The van der Waals surface area contributed by atoms with Crippen LogP contribution in [-0.2, 0) is 6.42 Å². The summed E-state index contributed by atoms with van der Waals surface area (Å²) >= 11 is 11.5. The van der Waals surface area contributed by atoms with Gasteiger partial charge in [-0.2, -0.15) is 0 Å². The van der Waals surface area contributed by atoms with Gasteiger partial charge in [0.2, 0.25) is 0 Å². The first-order valence-corrected chi connectivity index (χ1v) is 8.01. The van der Waals surface area contributed by atoms with Crippen LogP contribution in [0, 0.1) is 0 Å². The zero-order valence-corrected chi connectivity index (χ0v) is 13.7. The Morgan fingerprint density at radius 1 is 1.21 bits per heavy atom. The second kappa shape index (κ2) is 6.80. The summed E-state index contributed by atoms with van der Waals surface area (Å²) in [4.78, 5) is 2.21. The van der Waals surface area contributed by atoms with Gasteiger partial charge in [0.25, 0.3) is 0 Å². The van der Waals surface area contributed by atoms with Crippen LogP contribution < -0.4 is 5.73 Å². The van der Waals surface area contributed by atoms with Gasteiger partial charge in [-0.25, -0.2) is 0 Å². The molecule has 0 saturated heterocycles. The largest absolute Gasteiger partial charge is 0.328 e. The molecule has 2 aromatic rings. The highest BCUT2D eigenvalue weighted by molar-refractivity contribution is 9.10. The molecule has 0 saturated carbocycles. The molecule has 19 heavy (non-hydrogen) atoms. The third-order valence-electron chi connectivity index (χ3n) is 2.61. The first-order chi connectivity index (χ1) is 9.06. The van der Waals surface area contributed by atoms with Gasteiger partial charge in [0.1, 0.15) is 0 Å². The first kappa shape index (κ1) is 14.9. The van der Waals surface area contributed by atoms with Gasteiger partial charge in [0.15, 0.2) is 0 Å². The Labute approximate surface area is 131 Å². The molecule has 0 amide bonds. The Bertz CT molecular complexity index is 572. The minimum Gasteiger partial charge on any atom is -0.328 e. The molecule has 0 radical (unpaired) electrons. The van der Waals surface area contributed by atoms with Crippen molar-refractivity contribution in [3.63, 3.8) is 0 Å². The van der Waals surface area contributed by atoms with Crippen LogP contribution in [0.4, 0.5) is 0 Å². The van der Waals surface area contributed by atoms with Crippen LogP contribution in [0.1, 0.15) is 12.5 Å². The molecule has 2 N–H and O–H groups in total. The van der Waals surface area contributed by atoms with E-state index in [0.717, 1.165) is 25.7 Å². The fraction of sp³-hybridized carbons (Fsp3) is 0.200. The Kier molecular flexibility index (Phi) is 5.34. The summed E-state index contributed by atoms with van der Waals surface area (Å²) in [5.74, 6) is 0. The summed E-state index contributed by atoms with van der Waals surface area (Å²) in [7, 11) is 0.